The monoisotopic (exact) mass is 700 g/mol. The fraction of sp³-hybridized carbons (Fsp3) is 0.310. The van der Waals surface area contributed by atoms with Crippen LogP contribution in [0.5, 0.6) is 0 Å². The largest absolute Gasteiger partial charge is 0.414 e. The topological polar surface area (TPSA) is 94.5 Å². The third-order valence-corrected chi connectivity index (χ3v) is 14.9. The minimum absolute atomic E-state index is 0.00773. The third-order valence-electron chi connectivity index (χ3n) is 10.4. The van der Waals surface area contributed by atoms with Gasteiger partial charge in [-0.05, 0) is 53.9 Å². The lowest BCUT2D eigenvalue weighted by molar-refractivity contribution is -0.0275. The molecular formula is C42H48N4O4Si. The number of aryl methyl sites for hydroxylation is 1. The number of amides is 1. The van der Waals surface area contributed by atoms with Crippen LogP contribution in [0.1, 0.15) is 66.0 Å². The van der Waals surface area contributed by atoms with Gasteiger partial charge in [0.15, 0.2) is 8.32 Å². The van der Waals surface area contributed by atoms with Crippen LogP contribution in [-0.2, 0) is 14.7 Å². The molecule has 5 aromatic rings. The van der Waals surface area contributed by atoms with E-state index in [1.165, 1.54) is 0 Å². The molecule has 264 valence electrons. The lowest BCUT2D eigenvalue weighted by Gasteiger charge is -2.41. The molecule has 0 aliphatic carbocycles. The SMILES string of the molecule is Cc1cn([C@H]2C[C@H](NC(c3ccccc3)(c3ccccc3)c3ccccc3)[C@@H](CO[Si](C)(C)C(C)(C)C)O2)c(=O)nc1NC(=O)c1ccccc1. The van der Waals surface area contributed by atoms with Crippen LogP contribution in [0.2, 0.25) is 18.1 Å². The van der Waals surface area contributed by atoms with Crippen LogP contribution in [0, 0.1) is 6.92 Å². The molecule has 1 aliphatic rings. The van der Waals surface area contributed by atoms with Crippen LogP contribution in [0.4, 0.5) is 5.82 Å². The highest BCUT2D eigenvalue weighted by atomic mass is 28.4. The van der Waals surface area contributed by atoms with Crippen LogP contribution >= 0.6 is 0 Å². The lowest BCUT2D eigenvalue weighted by Crippen LogP contribution is -2.54. The Bertz CT molecular complexity index is 1880. The highest BCUT2D eigenvalue weighted by Crippen LogP contribution is 2.41. The second-order valence-electron chi connectivity index (χ2n) is 14.8. The summed E-state index contributed by atoms with van der Waals surface area (Å²) < 4.78 is 15.2. The van der Waals surface area contributed by atoms with Gasteiger partial charge in [-0.1, -0.05) is 130 Å². The molecule has 1 aromatic heterocycles. The Morgan fingerprint density at radius 3 is 1.82 bits per heavy atom. The zero-order valence-electron chi connectivity index (χ0n) is 30.3. The molecule has 8 nitrogen and oxygen atoms in total. The minimum atomic E-state index is -2.15. The summed E-state index contributed by atoms with van der Waals surface area (Å²) in [6, 6.07) is 40.1. The summed E-state index contributed by atoms with van der Waals surface area (Å²) in [7, 11) is -2.15. The van der Waals surface area contributed by atoms with Crippen LogP contribution in [0.25, 0.3) is 0 Å². The molecule has 2 N–H and O–H groups in total. The van der Waals surface area contributed by atoms with E-state index in [0.717, 1.165) is 16.7 Å². The molecule has 9 heteroatoms. The smallest absolute Gasteiger partial charge is 0.351 e. The summed E-state index contributed by atoms with van der Waals surface area (Å²) >= 11 is 0. The summed E-state index contributed by atoms with van der Waals surface area (Å²) in [5.74, 6) is -0.0986. The second kappa shape index (κ2) is 14.9. The maximum absolute atomic E-state index is 13.7. The number of nitrogens with one attached hydrogen (secondary N) is 2. The van der Waals surface area contributed by atoms with Crippen LogP contribution in [0.3, 0.4) is 0 Å². The molecule has 1 aliphatic heterocycles. The van der Waals surface area contributed by atoms with Crippen molar-refractivity contribution in [1.82, 2.24) is 14.9 Å². The first-order valence-electron chi connectivity index (χ1n) is 17.6. The third kappa shape index (κ3) is 7.67. The number of benzene rings is 4. The summed E-state index contributed by atoms with van der Waals surface area (Å²) in [4.78, 5) is 30.9. The van der Waals surface area contributed by atoms with Crippen molar-refractivity contribution < 1.29 is 14.0 Å². The first-order chi connectivity index (χ1) is 24.4. The van der Waals surface area contributed by atoms with Gasteiger partial charge in [-0.3, -0.25) is 14.7 Å². The Morgan fingerprint density at radius 2 is 1.33 bits per heavy atom. The van der Waals surface area contributed by atoms with Crippen molar-refractivity contribution in [2.45, 2.75) is 76.2 Å². The van der Waals surface area contributed by atoms with Gasteiger partial charge in [0.1, 0.15) is 12.0 Å². The molecule has 0 radical (unpaired) electrons. The summed E-state index contributed by atoms with van der Waals surface area (Å²) in [5, 5.41) is 6.93. The van der Waals surface area contributed by atoms with Gasteiger partial charge in [0.2, 0.25) is 0 Å². The normalized spacial score (nSPS) is 18.0. The Morgan fingerprint density at radius 1 is 0.843 bits per heavy atom. The van der Waals surface area contributed by atoms with Crippen molar-refractivity contribution in [2.75, 3.05) is 11.9 Å². The van der Waals surface area contributed by atoms with Crippen LogP contribution in [-0.4, -0.2) is 42.5 Å². The maximum Gasteiger partial charge on any atom is 0.351 e. The van der Waals surface area contributed by atoms with Gasteiger partial charge in [0.05, 0.1) is 18.2 Å². The number of hydrogen-bond acceptors (Lipinski definition) is 6. The average molecular weight is 701 g/mol. The first kappa shape index (κ1) is 36.1. The van der Waals surface area contributed by atoms with Gasteiger partial charge in [0.25, 0.3) is 5.91 Å². The molecule has 6 rings (SSSR count). The predicted molar refractivity (Wildman–Crippen MR) is 205 cm³/mol. The Kier molecular flexibility index (Phi) is 10.6. The number of anilines is 1. The van der Waals surface area contributed by atoms with Gasteiger partial charge in [-0.2, -0.15) is 4.98 Å². The second-order valence-corrected chi connectivity index (χ2v) is 19.6. The number of carbonyl (C=O) groups is 1. The highest BCUT2D eigenvalue weighted by Gasteiger charge is 2.46. The molecule has 0 bridgehead atoms. The first-order valence-corrected chi connectivity index (χ1v) is 20.5. The predicted octanol–water partition coefficient (Wildman–Crippen LogP) is 8.06. The molecule has 1 amide bonds. The van der Waals surface area contributed by atoms with E-state index in [2.05, 4.69) is 122 Å². The molecule has 1 saturated heterocycles. The van der Waals surface area contributed by atoms with E-state index in [9.17, 15) is 9.59 Å². The fourth-order valence-electron chi connectivity index (χ4n) is 6.48. The zero-order chi connectivity index (χ0) is 36.2. The van der Waals surface area contributed by atoms with Crippen molar-refractivity contribution in [3.05, 3.63) is 166 Å². The maximum atomic E-state index is 13.7. The van der Waals surface area contributed by atoms with E-state index in [4.69, 9.17) is 9.16 Å². The Labute approximate surface area is 302 Å². The van der Waals surface area contributed by atoms with Gasteiger partial charge >= 0.3 is 5.69 Å². The molecular weight excluding hydrogens is 653 g/mol. The van der Waals surface area contributed by atoms with E-state index >= 15 is 0 Å². The number of rotatable bonds is 11. The standard InChI is InChI=1S/C42H48N4O4Si/c1-30-28-46(40(48)44-38(30)43-39(47)31-19-11-7-12-20-31)37-27-35(36(50-37)29-49-51(5,6)41(2,3)4)45-42(32-21-13-8-14-22-32,33-23-15-9-16-24-33)34-25-17-10-18-26-34/h7-26,28,35-37,45H,27,29H2,1-6H3,(H,43,44,47,48)/t35-,36+,37+/m0/s1. The highest BCUT2D eigenvalue weighted by molar-refractivity contribution is 6.74. The fourth-order valence-corrected chi connectivity index (χ4v) is 7.49. The summed E-state index contributed by atoms with van der Waals surface area (Å²) in [5.41, 5.74) is 3.15. The summed E-state index contributed by atoms with van der Waals surface area (Å²) in [6.07, 6.45) is 1.21. The molecule has 51 heavy (non-hydrogen) atoms. The lowest BCUT2D eigenvalue weighted by atomic mass is 9.76. The summed E-state index contributed by atoms with van der Waals surface area (Å²) in [6.45, 7) is 13.4. The molecule has 0 unspecified atom stereocenters. The molecule has 0 spiro atoms. The van der Waals surface area contributed by atoms with Crippen molar-refractivity contribution in [3.8, 4) is 0 Å². The van der Waals surface area contributed by atoms with Crippen molar-refractivity contribution in [1.29, 1.82) is 0 Å². The van der Waals surface area contributed by atoms with Gasteiger partial charge in [0, 0.05) is 29.8 Å². The van der Waals surface area contributed by atoms with Crippen molar-refractivity contribution in [2.24, 2.45) is 0 Å². The van der Waals surface area contributed by atoms with E-state index in [1.54, 1.807) is 35.0 Å². The van der Waals surface area contributed by atoms with E-state index < -0.39 is 25.8 Å². The molecule has 4 aromatic carbocycles. The van der Waals surface area contributed by atoms with E-state index in [0.29, 0.717) is 24.2 Å². The van der Waals surface area contributed by atoms with E-state index in [1.807, 2.05) is 31.2 Å². The van der Waals surface area contributed by atoms with Crippen molar-refractivity contribution in [3.63, 3.8) is 0 Å². The Hall–Kier alpha value is -4.67. The zero-order valence-corrected chi connectivity index (χ0v) is 31.3. The van der Waals surface area contributed by atoms with Crippen LogP contribution < -0.4 is 16.3 Å². The quantitative estimate of drug-likeness (QED) is 0.107. The van der Waals surface area contributed by atoms with Gasteiger partial charge < -0.3 is 14.5 Å². The van der Waals surface area contributed by atoms with Gasteiger partial charge in [-0.15, -0.1) is 0 Å². The van der Waals surface area contributed by atoms with Crippen LogP contribution in [0.15, 0.2) is 132 Å². The molecule has 1 fully saturated rings. The number of aromatic nitrogens is 2. The Balaban J connectivity index is 1.39. The van der Waals surface area contributed by atoms with E-state index in [-0.39, 0.29) is 28.9 Å². The number of ether oxygens (including phenoxy) is 1. The molecule has 2 heterocycles. The van der Waals surface area contributed by atoms with Gasteiger partial charge in [-0.25, -0.2) is 4.79 Å². The average Bonchev–Trinajstić information content (AvgIpc) is 3.54. The minimum Gasteiger partial charge on any atom is -0.414 e. The molecule has 3 atom stereocenters. The number of nitrogens with zero attached hydrogens (tertiary/aromatic N) is 2. The number of carbonyl (C=O) groups excluding carboxylic acids is 1. The van der Waals surface area contributed by atoms with Crippen molar-refractivity contribution >= 4 is 20.0 Å². The number of hydrogen-bond donors (Lipinski definition) is 2. The molecule has 0 saturated carbocycles.